The maximum absolute atomic E-state index is 12.7. The highest BCUT2D eigenvalue weighted by Gasteiger charge is 2.27. The standard InChI is InChI=1S/C45H80NO8P/c1-6-8-10-12-14-16-17-18-19-20-21-22-23-24-25-26-27-28-29-30-32-34-36-38-45(48)54-43(42-53-55(49,50)52-40-39-46(3,4)5)41-51-44(47)37-35-33-31-15-13-11-9-7-2/h8,10,14,16,18-19,21-22,24-25,43H,6-7,9,11-13,15,17,20,23,26-42H2,1-5H3/p+1/b10-8-,16-14-,19-18-,22-21-,25-24-. The van der Waals surface area contributed by atoms with Crippen LogP contribution in [-0.2, 0) is 32.7 Å². The van der Waals surface area contributed by atoms with Crippen molar-refractivity contribution in [1.29, 1.82) is 0 Å². The molecule has 0 aliphatic rings. The summed E-state index contributed by atoms with van der Waals surface area (Å²) in [5.41, 5.74) is 0. The minimum absolute atomic E-state index is 0.0274. The molecule has 0 aliphatic carbocycles. The lowest BCUT2D eigenvalue weighted by molar-refractivity contribution is -0.870. The van der Waals surface area contributed by atoms with E-state index in [2.05, 4.69) is 74.6 Å². The first-order valence-corrected chi connectivity index (χ1v) is 23.0. The third kappa shape index (κ3) is 41.2. The highest BCUT2D eigenvalue weighted by atomic mass is 31.2. The highest BCUT2D eigenvalue weighted by molar-refractivity contribution is 7.47. The SMILES string of the molecule is CC/C=C\C/C=C\C/C=C\C/C=C\C/C=C\CCCCCCCCCC(=O)OC(COC(=O)CCCCCCCCCC)COP(=O)(O)OCC[N+](C)(C)C. The number of hydrogen-bond acceptors (Lipinski definition) is 7. The van der Waals surface area contributed by atoms with Crippen molar-refractivity contribution in [2.75, 3.05) is 47.5 Å². The number of unbranched alkanes of at least 4 members (excludes halogenated alkanes) is 14. The van der Waals surface area contributed by atoms with Crippen molar-refractivity contribution < 1.29 is 42.1 Å². The summed E-state index contributed by atoms with van der Waals surface area (Å²) in [5.74, 6) is -0.820. The molecular formula is C45H81NO8P+. The lowest BCUT2D eigenvalue weighted by atomic mass is 10.1. The van der Waals surface area contributed by atoms with E-state index in [1.165, 1.54) is 51.4 Å². The van der Waals surface area contributed by atoms with Gasteiger partial charge in [-0.2, -0.15) is 0 Å². The van der Waals surface area contributed by atoms with Gasteiger partial charge in [0.05, 0.1) is 27.7 Å². The summed E-state index contributed by atoms with van der Waals surface area (Å²) < 4.78 is 34.2. The van der Waals surface area contributed by atoms with Gasteiger partial charge in [0.15, 0.2) is 6.10 Å². The number of esters is 2. The molecule has 1 N–H and O–H groups in total. The van der Waals surface area contributed by atoms with Crippen LogP contribution >= 0.6 is 7.82 Å². The summed E-state index contributed by atoms with van der Waals surface area (Å²) in [6.07, 6.45) is 44.2. The summed E-state index contributed by atoms with van der Waals surface area (Å²) in [4.78, 5) is 35.2. The molecule has 0 rings (SSSR count). The Hall–Kier alpha value is -2.29. The van der Waals surface area contributed by atoms with Crippen LogP contribution in [0.3, 0.4) is 0 Å². The normalized spacial score (nSPS) is 14.2. The average molecular weight is 795 g/mol. The van der Waals surface area contributed by atoms with E-state index in [4.69, 9.17) is 18.5 Å². The largest absolute Gasteiger partial charge is 0.472 e. The average Bonchev–Trinajstić information content (AvgIpc) is 3.13. The Morgan fingerprint density at radius 2 is 1.04 bits per heavy atom. The first-order valence-electron chi connectivity index (χ1n) is 21.5. The molecule has 318 valence electrons. The second-order valence-electron chi connectivity index (χ2n) is 15.4. The summed E-state index contributed by atoms with van der Waals surface area (Å²) in [6, 6.07) is 0. The maximum atomic E-state index is 12.7. The predicted octanol–water partition coefficient (Wildman–Crippen LogP) is 12.1. The Kier molecular flexibility index (Phi) is 35.7. The minimum Gasteiger partial charge on any atom is -0.462 e. The predicted molar refractivity (Wildman–Crippen MR) is 229 cm³/mol. The molecule has 0 fully saturated rings. The van der Waals surface area contributed by atoms with Gasteiger partial charge >= 0.3 is 19.8 Å². The molecular weight excluding hydrogens is 713 g/mol. The Bertz CT molecular complexity index is 1120. The number of ether oxygens (including phenoxy) is 2. The topological polar surface area (TPSA) is 108 Å². The molecule has 0 radical (unpaired) electrons. The van der Waals surface area contributed by atoms with Gasteiger partial charge in [-0.3, -0.25) is 18.6 Å². The minimum atomic E-state index is -4.37. The third-order valence-corrected chi connectivity index (χ3v) is 9.80. The monoisotopic (exact) mass is 795 g/mol. The van der Waals surface area contributed by atoms with E-state index in [1.54, 1.807) is 0 Å². The van der Waals surface area contributed by atoms with Crippen molar-refractivity contribution in [2.24, 2.45) is 0 Å². The lowest BCUT2D eigenvalue weighted by Gasteiger charge is -2.24. The molecule has 0 aromatic rings. The second-order valence-corrected chi connectivity index (χ2v) is 16.8. The van der Waals surface area contributed by atoms with Crippen LogP contribution in [0.25, 0.3) is 0 Å². The third-order valence-electron chi connectivity index (χ3n) is 8.81. The van der Waals surface area contributed by atoms with Crippen LogP contribution in [0.15, 0.2) is 60.8 Å². The van der Waals surface area contributed by atoms with E-state index in [9.17, 15) is 19.0 Å². The lowest BCUT2D eigenvalue weighted by Crippen LogP contribution is -2.37. The number of carbonyl (C=O) groups is 2. The second kappa shape index (κ2) is 37.3. The number of carbonyl (C=O) groups excluding carboxylic acids is 2. The van der Waals surface area contributed by atoms with Crippen molar-refractivity contribution in [1.82, 2.24) is 0 Å². The fourth-order valence-electron chi connectivity index (χ4n) is 5.45. The van der Waals surface area contributed by atoms with Crippen molar-refractivity contribution in [2.45, 2.75) is 168 Å². The Morgan fingerprint density at radius 1 is 0.582 bits per heavy atom. The molecule has 0 heterocycles. The molecule has 10 heteroatoms. The first-order chi connectivity index (χ1) is 26.5. The molecule has 0 aromatic carbocycles. The summed E-state index contributed by atoms with van der Waals surface area (Å²) in [6.45, 7) is 4.24. The molecule has 0 saturated carbocycles. The zero-order chi connectivity index (χ0) is 40.7. The number of rotatable bonds is 38. The van der Waals surface area contributed by atoms with E-state index in [0.29, 0.717) is 17.4 Å². The molecule has 0 aromatic heterocycles. The fraction of sp³-hybridized carbons (Fsp3) is 0.733. The van der Waals surface area contributed by atoms with Crippen LogP contribution in [-0.4, -0.2) is 74.9 Å². The van der Waals surface area contributed by atoms with Gasteiger partial charge in [-0.1, -0.05) is 152 Å². The zero-order valence-corrected chi connectivity index (χ0v) is 36.5. The van der Waals surface area contributed by atoms with Gasteiger partial charge in [-0.25, -0.2) is 4.57 Å². The Morgan fingerprint density at radius 3 is 1.55 bits per heavy atom. The quantitative estimate of drug-likeness (QED) is 0.0216. The van der Waals surface area contributed by atoms with Crippen LogP contribution in [0.4, 0.5) is 0 Å². The van der Waals surface area contributed by atoms with Gasteiger partial charge in [-0.15, -0.1) is 0 Å². The van der Waals surface area contributed by atoms with Crippen LogP contribution in [0.5, 0.6) is 0 Å². The molecule has 2 unspecified atom stereocenters. The number of phosphoric acid groups is 1. The Balaban J connectivity index is 4.28. The van der Waals surface area contributed by atoms with Gasteiger partial charge in [0.2, 0.25) is 0 Å². The van der Waals surface area contributed by atoms with Gasteiger partial charge < -0.3 is 18.9 Å². The van der Waals surface area contributed by atoms with Crippen molar-refractivity contribution >= 4 is 19.8 Å². The van der Waals surface area contributed by atoms with Crippen molar-refractivity contribution in [3.8, 4) is 0 Å². The number of likely N-dealkylation sites (N-methyl/N-ethyl adjacent to an activating group) is 1. The molecule has 0 saturated heterocycles. The number of nitrogens with zero attached hydrogens (tertiary/aromatic N) is 1. The highest BCUT2D eigenvalue weighted by Crippen LogP contribution is 2.43. The molecule has 0 bridgehead atoms. The molecule has 55 heavy (non-hydrogen) atoms. The van der Waals surface area contributed by atoms with Gasteiger partial charge in [-0.05, 0) is 57.8 Å². The molecule has 9 nitrogen and oxygen atoms in total. The van der Waals surface area contributed by atoms with Crippen LogP contribution in [0, 0.1) is 0 Å². The van der Waals surface area contributed by atoms with E-state index < -0.39 is 26.5 Å². The molecule has 2 atom stereocenters. The molecule has 0 spiro atoms. The number of hydrogen-bond donors (Lipinski definition) is 1. The number of phosphoric ester groups is 1. The zero-order valence-electron chi connectivity index (χ0n) is 35.6. The smallest absolute Gasteiger partial charge is 0.462 e. The van der Waals surface area contributed by atoms with Crippen LogP contribution in [0.2, 0.25) is 0 Å². The number of quaternary nitrogens is 1. The summed E-state index contributed by atoms with van der Waals surface area (Å²) in [5, 5.41) is 0. The van der Waals surface area contributed by atoms with Gasteiger partial charge in [0.1, 0.15) is 19.8 Å². The fourth-order valence-corrected chi connectivity index (χ4v) is 6.19. The molecule has 0 aliphatic heterocycles. The Labute approximate surface area is 336 Å². The van der Waals surface area contributed by atoms with E-state index in [1.807, 2.05) is 21.1 Å². The van der Waals surface area contributed by atoms with Crippen LogP contribution < -0.4 is 0 Å². The first kappa shape index (κ1) is 52.7. The van der Waals surface area contributed by atoms with E-state index >= 15 is 0 Å². The van der Waals surface area contributed by atoms with E-state index in [-0.39, 0.29) is 32.0 Å². The van der Waals surface area contributed by atoms with Gasteiger partial charge in [0, 0.05) is 12.8 Å². The molecule has 0 amide bonds. The summed E-state index contributed by atoms with van der Waals surface area (Å²) >= 11 is 0. The summed E-state index contributed by atoms with van der Waals surface area (Å²) in [7, 11) is 1.46. The van der Waals surface area contributed by atoms with E-state index in [0.717, 1.165) is 77.0 Å². The van der Waals surface area contributed by atoms with Crippen molar-refractivity contribution in [3.05, 3.63) is 60.8 Å². The van der Waals surface area contributed by atoms with Crippen molar-refractivity contribution in [3.63, 3.8) is 0 Å². The van der Waals surface area contributed by atoms with Crippen LogP contribution in [0.1, 0.15) is 162 Å². The van der Waals surface area contributed by atoms with Gasteiger partial charge in [0.25, 0.3) is 0 Å². The maximum Gasteiger partial charge on any atom is 0.472 e. The number of allylic oxidation sites excluding steroid dienone is 10.